The van der Waals surface area contributed by atoms with Gasteiger partial charge in [-0.15, -0.1) is 0 Å². The van der Waals surface area contributed by atoms with Crippen LogP contribution in [0.1, 0.15) is 47.0 Å². The summed E-state index contributed by atoms with van der Waals surface area (Å²) in [5.41, 5.74) is -0.401. The lowest BCUT2D eigenvalue weighted by Crippen LogP contribution is -2.46. The van der Waals surface area contributed by atoms with Gasteiger partial charge in [-0.3, -0.25) is 9.11 Å². The third kappa shape index (κ3) is 5.75. The number of rotatable bonds is 5. The van der Waals surface area contributed by atoms with Gasteiger partial charge < -0.3 is 9.64 Å². The van der Waals surface area contributed by atoms with Gasteiger partial charge in [0.15, 0.2) is 0 Å². The van der Waals surface area contributed by atoms with E-state index >= 15 is 0 Å². The van der Waals surface area contributed by atoms with Crippen molar-refractivity contribution in [3.63, 3.8) is 0 Å². The molecule has 2 aliphatic heterocycles. The molecule has 0 aliphatic carbocycles. The molecular formula is C17H32N2O3S. The smallest absolute Gasteiger partial charge is 0.410 e. The lowest BCUT2D eigenvalue weighted by molar-refractivity contribution is 0.00816. The predicted molar refractivity (Wildman–Crippen MR) is 94.1 cm³/mol. The average molecular weight is 345 g/mol. The third-order valence-electron chi connectivity index (χ3n) is 4.84. The number of hydrogen-bond donors (Lipinski definition) is 0. The van der Waals surface area contributed by atoms with Crippen molar-refractivity contribution in [3.05, 3.63) is 0 Å². The Labute approximate surface area is 143 Å². The zero-order chi connectivity index (χ0) is 17.0. The molecule has 0 aromatic rings. The summed E-state index contributed by atoms with van der Waals surface area (Å²) in [6.45, 7) is 11.7. The number of likely N-dealkylation sites (tertiary alicyclic amines) is 1. The average Bonchev–Trinajstić information content (AvgIpc) is 2.95. The van der Waals surface area contributed by atoms with Crippen LogP contribution in [0.5, 0.6) is 0 Å². The lowest BCUT2D eigenvalue weighted by atomic mass is 9.97. The van der Waals surface area contributed by atoms with Crippen LogP contribution >= 0.6 is 0 Å². The highest BCUT2D eigenvalue weighted by Crippen LogP contribution is 2.24. The molecule has 5 nitrogen and oxygen atoms in total. The molecule has 1 amide bonds. The van der Waals surface area contributed by atoms with Crippen LogP contribution in [0.15, 0.2) is 0 Å². The molecule has 0 aromatic carbocycles. The number of ether oxygens (including phenoxy) is 1. The highest BCUT2D eigenvalue weighted by molar-refractivity contribution is 7.85. The van der Waals surface area contributed by atoms with Gasteiger partial charge >= 0.3 is 6.09 Å². The van der Waals surface area contributed by atoms with E-state index in [-0.39, 0.29) is 6.09 Å². The van der Waals surface area contributed by atoms with Crippen LogP contribution < -0.4 is 0 Å². The van der Waals surface area contributed by atoms with E-state index in [0.29, 0.717) is 12.0 Å². The van der Waals surface area contributed by atoms with E-state index in [2.05, 4.69) is 18.7 Å². The van der Waals surface area contributed by atoms with E-state index in [4.69, 9.17) is 4.74 Å². The van der Waals surface area contributed by atoms with Crippen LogP contribution in [0, 0.1) is 5.92 Å². The summed E-state index contributed by atoms with van der Waals surface area (Å²) in [4.78, 5) is 16.7. The SMILES string of the molecule is CC(C)CCC(C)(C)OC(=O)N1CCC(N2CCS(=O)CC2)C1. The van der Waals surface area contributed by atoms with E-state index in [0.717, 1.165) is 56.9 Å². The van der Waals surface area contributed by atoms with Crippen molar-refractivity contribution in [1.29, 1.82) is 0 Å². The zero-order valence-corrected chi connectivity index (χ0v) is 15.9. The molecule has 0 saturated carbocycles. The molecule has 0 aromatic heterocycles. The Hall–Kier alpha value is -0.620. The molecule has 6 heteroatoms. The molecule has 0 radical (unpaired) electrons. The Morgan fingerprint density at radius 2 is 1.91 bits per heavy atom. The zero-order valence-electron chi connectivity index (χ0n) is 15.0. The van der Waals surface area contributed by atoms with Gasteiger partial charge in [0.1, 0.15) is 5.60 Å². The number of carbonyl (C=O) groups excluding carboxylic acids is 1. The van der Waals surface area contributed by atoms with Crippen LogP contribution in [-0.2, 0) is 15.5 Å². The molecule has 1 atom stereocenters. The van der Waals surface area contributed by atoms with Gasteiger partial charge in [0.05, 0.1) is 0 Å². The van der Waals surface area contributed by atoms with Gasteiger partial charge in [-0.2, -0.15) is 0 Å². The highest BCUT2D eigenvalue weighted by Gasteiger charge is 2.34. The van der Waals surface area contributed by atoms with Gasteiger partial charge in [-0.25, -0.2) is 4.79 Å². The summed E-state index contributed by atoms with van der Waals surface area (Å²) in [7, 11) is -0.645. The predicted octanol–water partition coefficient (Wildman–Crippen LogP) is 2.48. The molecule has 2 aliphatic rings. The van der Waals surface area contributed by atoms with Crippen molar-refractivity contribution in [3.8, 4) is 0 Å². The second-order valence-corrected chi connectivity index (χ2v) is 9.53. The van der Waals surface area contributed by atoms with E-state index in [1.807, 2.05) is 18.7 Å². The molecule has 2 saturated heterocycles. The summed E-state index contributed by atoms with van der Waals surface area (Å²) in [6, 6.07) is 0.402. The van der Waals surface area contributed by atoms with Crippen molar-refractivity contribution >= 4 is 16.9 Å². The first-order valence-electron chi connectivity index (χ1n) is 8.84. The fourth-order valence-electron chi connectivity index (χ4n) is 3.21. The van der Waals surface area contributed by atoms with Crippen LogP contribution in [-0.4, -0.2) is 69.4 Å². The Morgan fingerprint density at radius 1 is 1.26 bits per heavy atom. The van der Waals surface area contributed by atoms with Crippen LogP contribution in [0.4, 0.5) is 4.79 Å². The maximum atomic E-state index is 12.4. The van der Waals surface area contributed by atoms with Crippen molar-refractivity contribution in [2.45, 2.75) is 58.6 Å². The minimum absolute atomic E-state index is 0.179. The standard InChI is InChI=1S/C17H32N2O3S/c1-14(2)5-7-17(3,4)22-16(20)19-8-6-15(13-19)18-9-11-23(21)12-10-18/h14-15H,5-13H2,1-4H3. The van der Waals surface area contributed by atoms with Gasteiger partial charge in [-0.05, 0) is 39.0 Å². The van der Waals surface area contributed by atoms with Crippen LogP contribution in [0.2, 0.25) is 0 Å². The molecule has 2 rings (SSSR count). The molecular weight excluding hydrogens is 312 g/mol. The first-order chi connectivity index (χ1) is 10.8. The summed E-state index contributed by atoms with van der Waals surface area (Å²) in [5.74, 6) is 2.15. The minimum Gasteiger partial charge on any atom is -0.443 e. The normalized spacial score (nSPS) is 24.4. The van der Waals surface area contributed by atoms with Crippen LogP contribution in [0.3, 0.4) is 0 Å². The van der Waals surface area contributed by atoms with Crippen LogP contribution in [0.25, 0.3) is 0 Å². The molecule has 2 fully saturated rings. The molecule has 134 valence electrons. The maximum Gasteiger partial charge on any atom is 0.410 e. The molecule has 0 spiro atoms. The first-order valence-corrected chi connectivity index (χ1v) is 10.3. The van der Waals surface area contributed by atoms with E-state index in [9.17, 15) is 9.00 Å². The number of hydrogen-bond acceptors (Lipinski definition) is 4. The van der Waals surface area contributed by atoms with Gasteiger partial charge in [0, 0.05) is 54.5 Å². The molecule has 23 heavy (non-hydrogen) atoms. The van der Waals surface area contributed by atoms with Gasteiger partial charge in [0.25, 0.3) is 0 Å². The van der Waals surface area contributed by atoms with E-state index in [1.165, 1.54) is 0 Å². The number of nitrogens with zero attached hydrogens (tertiary/aromatic N) is 2. The molecule has 0 N–H and O–H groups in total. The quantitative estimate of drug-likeness (QED) is 0.769. The van der Waals surface area contributed by atoms with E-state index in [1.54, 1.807) is 0 Å². The Balaban J connectivity index is 1.79. The molecule has 0 bridgehead atoms. The van der Waals surface area contributed by atoms with E-state index < -0.39 is 16.4 Å². The summed E-state index contributed by atoms with van der Waals surface area (Å²) in [6.07, 6.45) is 2.77. The van der Waals surface area contributed by atoms with Gasteiger partial charge in [-0.1, -0.05) is 13.8 Å². The number of carbonyl (C=O) groups is 1. The Kier molecular flexibility index (Phi) is 6.48. The second-order valence-electron chi connectivity index (χ2n) is 7.83. The number of amides is 1. The molecule has 2 heterocycles. The first kappa shape index (κ1) is 18.7. The van der Waals surface area contributed by atoms with Crippen molar-refractivity contribution in [2.75, 3.05) is 37.7 Å². The Morgan fingerprint density at radius 3 is 2.52 bits per heavy atom. The lowest BCUT2D eigenvalue weighted by Gasteiger charge is -2.32. The van der Waals surface area contributed by atoms with Gasteiger partial charge in [0.2, 0.25) is 0 Å². The minimum atomic E-state index is -0.645. The fraction of sp³-hybridized carbons (Fsp3) is 0.941. The third-order valence-corrected chi connectivity index (χ3v) is 6.11. The van der Waals surface area contributed by atoms with Crippen molar-refractivity contribution in [1.82, 2.24) is 9.80 Å². The molecule has 1 unspecified atom stereocenters. The Bertz CT molecular complexity index is 430. The monoisotopic (exact) mass is 344 g/mol. The van der Waals surface area contributed by atoms with Crippen molar-refractivity contribution < 1.29 is 13.7 Å². The summed E-state index contributed by atoms with van der Waals surface area (Å²) >= 11 is 0. The summed E-state index contributed by atoms with van der Waals surface area (Å²) < 4.78 is 17.2. The highest BCUT2D eigenvalue weighted by atomic mass is 32.2. The summed E-state index contributed by atoms with van der Waals surface area (Å²) in [5, 5.41) is 0. The maximum absolute atomic E-state index is 12.4. The largest absolute Gasteiger partial charge is 0.443 e. The fourth-order valence-corrected chi connectivity index (χ4v) is 4.29. The second kappa shape index (κ2) is 7.97. The van der Waals surface area contributed by atoms with Crippen molar-refractivity contribution in [2.24, 2.45) is 5.92 Å². The topological polar surface area (TPSA) is 49.9 Å².